The molecule has 26 heavy (non-hydrogen) atoms. The van der Waals surface area contributed by atoms with E-state index in [0.717, 1.165) is 5.69 Å². The summed E-state index contributed by atoms with van der Waals surface area (Å²) in [6, 6.07) is 8.10. The Morgan fingerprint density at radius 2 is 2.00 bits per heavy atom. The predicted octanol–water partition coefficient (Wildman–Crippen LogP) is 3.40. The number of aromatic nitrogens is 3. The van der Waals surface area contributed by atoms with Gasteiger partial charge in [0.1, 0.15) is 0 Å². The summed E-state index contributed by atoms with van der Waals surface area (Å²) in [5.74, 6) is -0.533. The third-order valence-corrected chi connectivity index (χ3v) is 4.99. The number of fused-ring (bicyclic) bond motifs is 1. The summed E-state index contributed by atoms with van der Waals surface area (Å²) < 4.78 is 64.4. The van der Waals surface area contributed by atoms with E-state index in [4.69, 9.17) is 0 Å². The van der Waals surface area contributed by atoms with Crippen LogP contribution in [0.5, 0.6) is 0 Å². The summed E-state index contributed by atoms with van der Waals surface area (Å²) in [5.41, 5.74) is 2.23. The van der Waals surface area contributed by atoms with Crippen LogP contribution in [0.3, 0.4) is 0 Å². The lowest BCUT2D eigenvalue weighted by Crippen LogP contribution is -2.21. The minimum absolute atomic E-state index is 0.175. The fourth-order valence-electron chi connectivity index (χ4n) is 2.49. The summed E-state index contributed by atoms with van der Waals surface area (Å²) in [6.45, 7) is 1.84. The third kappa shape index (κ3) is 4.13. The molecule has 0 aliphatic rings. The van der Waals surface area contributed by atoms with E-state index >= 15 is 0 Å². The number of imidazole rings is 1. The van der Waals surface area contributed by atoms with E-state index in [1.165, 1.54) is 12.1 Å². The smallest absolute Gasteiger partial charge is 0.288 e. The molecule has 0 amide bonds. The topological polar surface area (TPSA) is 76.4 Å². The summed E-state index contributed by atoms with van der Waals surface area (Å²) in [4.78, 5) is 8.57. The average Bonchev–Trinajstić information content (AvgIpc) is 2.90. The first-order valence-corrected chi connectivity index (χ1v) is 9.27. The number of alkyl halides is 3. The number of hydrogen-bond acceptors (Lipinski definition) is 4. The van der Waals surface area contributed by atoms with Gasteiger partial charge in [0.15, 0.2) is 0 Å². The molecular weight excluding hydrogens is 369 g/mol. The molecule has 2 heterocycles. The Labute approximate surface area is 147 Å². The van der Waals surface area contributed by atoms with Crippen molar-refractivity contribution < 1.29 is 21.6 Å². The molecule has 0 aliphatic heterocycles. The van der Waals surface area contributed by atoms with Gasteiger partial charge in [-0.05, 0) is 25.1 Å². The van der Waals surface area contributed by atoms with Gasteiger partial charge < -0.3 is 0 Å². The molecule has 0 bridgehead atoms. The molecule has 0 atom stereocenters. The standard InChI is InChI=1S/C16H15F3N4O2S/c1-11-14(21-15-20-7-3-8-23(11)15)12-4-2-5-13(10-12)22-26(24,25)9-6-16(17,18)19/h2-5,7-8,10,22H,6,9H2,1H3. The molecule has 10 heteroatoms. The lowest BCUT2D eigenvalue weighted by molar-refractivity contribution is -0.129. The summed E-state index contributed by atoms with van der Waals surface area (Å²) in [6.07, 6.45) is -2.52. The Hall–Kier alpha value is -2.62. The molecule has 0 spiro atoms. The van der Waals surface area contributed by atoms with Crippen LogP contribution in [0.1, 0.15) is 12.1 Å². The quantitative estimate of drug-likeness (QED) is 0.732. The van der Waals surface area contributed by atoms with Gasteiger partial charge in [-0.2, -0.15) is 13.2 Å². The maximum Gasteiger partial charge on any atom is 0.390 e. The fourth-order valence-corrected chi connectivity index (χ4v) is 3.58. The van der Waals surface area contributed by atoms with Crippen molar-refractivity contribution in [3.63, 3.8) is 0 Å². The van der Waals surface area contributed by atoms with Crippen molar-refractivity contribution >= 4 is 21.5 Å². The van der Waals surface area contributed by atoms with Crippen molar-refractivity contribution in [3.05, 3.63) is 48.4 Å². The van der Waals surface area contributed by atoms with Gasteiger partial charge in [0.05, 0.1) is 17.9 Å². The number of benzene rings is 1. The minimum atomic E-state index is -4.53. The highest BCUT2D eigenvalue weighted by Crippen LogP contribution is 2.26. The predicted molar refractivity (Wildman–Crippen MR) is 91.2 cm³/mol. The fraction of sp³-hybridized carbons (Fsp3) is 0.250. The Balaban J connectivity index is 1.87. The van der Waals surface area contributed by atoms with E-state index in [0.29, 0.717) is 17.0 Å². The molecule has 1 aromatic carbocycles. The maximum atomic E-state index is 12.2. The number of rotatable bonds is 5. The van der Waals surface area contributed by atoms with Crippen molar-refractivity contribution in [1.29, 1.82) is 0 Å². The second-order valence-electron chi connectivity index (χ2n) is 5.70. The van der Waals surface area contributed by atoms with E-state index in [9.17, 15) is 21.6 Å². The van der Waals surface area contributed by atoms with Crippen LogP contribution in [0, 0.1) is 6.92 Å². The Kier molecular flexibility index (Phi) is 4.61. The molecule has 3 aromatic rings. The minimum Gasteiger partial charge on any atom is -0.288 e. The zero-order valence-electron chi connectivity index (χ0n) is 13.7. The van der Waals surface area contributed by atoms with Crippen LogP contribution < -0.4 is 4.72 Å². The van der Waals surface area contributed by atoms with Crippen LogP contribution in [-0.4, -0.2) is 34.7 Å². The SMILES string of the molecule is Cc1c(-c2cccc(NS(=O)(=O)CCC(F)(F)F)c2)nc2ncccn12. The van der Waals surface area contributed by atoms with E-state index < -0.39 is 28.4 Å². The van der Waals surface area contributed by atoms with Crippen LogP contribution in [-0.2, 0) is 10.0 Å². The van der Waals surface area contributed by atoms with Crippen LogP contribution in [0.2, 0.25) is 0 Å². The highest BCUT2D eigenvalue weighted by atomic mass is 32.2. The van der Waals surface area contributed by atoms with Gasteiger partial charge in [-0.1, -0.05) is 12.1 Å². The molecule has 0 saturated carbocycles. The molecule has 0 saturated heterocycles. The molecule has 0 aliphatic carbocycles. The van der Waals surface area contributed by atoms with Gasteiger partial charge in [-0.15, -0.1) is 0 Å². The van der Waals surface area contributed by atoms with Crippen LogP contribution in [0.4, 0.5) is 18.9 Å². The largest absolute Gasteiger partial charge is 0.390 e. The van der Waals surface area contributed by atoms with E-state index in [1.54, 1.807) is 35.0 Å². The van der Waals surface area contributed by atoms with Gasteiger partial charge >= 0.3 is 6.18 Å². The number of anilines is 1. The Bertz CT molecular complexity index is 1050. The monoisotopic (exact) mass is 384 g/mol. The average molecular weight is 384 g/mol. The van der Waals surface area contributed by atoms with E-state index in [2.05, 4.69) is 14.7 Å². The molecule has 0 radical (unpaired) electrons. The zero-order valence-corrected chi connectivity index (χ0v) is 14.5. The van der Waals surface area contributed by atoms with Crippen molar-refractivity contribution in [3.8, 4) is 11.3 Å². The molecular formula is C16H15F3N4O2S. The first-order valence-electron chi connectivity index (χ1n) is 7.62. The van der Waals surface area contributed by atoms with Crippen molar-refractivity contribution in [2.75, 3.05) is 10.5 Å². The number of hydrogen-bond donors (Lipinski definition) is 1. The number of halogens is 3. The summed E-state index contributed by atoms with van der Waals surface area (Å²) in [7, 11) is -4.11. The second-order valence-corrected chi connectivity index (χ2v) is 7.54. The molecule has 1 N–H and O–H groups in total. The van der Waals surface area contributed by atoms with Crippen LogP contribution >= 0.6 is 0 Å². The number of nitrogens with zero attached hydrogens (tertiary/aromatic N) is 3. The van der Waals surface area contributed by atoms with Gasteiger partial charge in [0, 0.05) is 29.3 Å². The Morgan fingerprint density at radius 1 is 1.23 bits per heavy atom. The van der Waals surface area contributed by atoms with Crippen LogP contribution in [0.25, 0.3) is 17.0 Å². The highest BCUT2D eigenvalue weighted by Gasteiger charge is 2.30. The highest BCUT2D eigenvalue weighted by molar-refractivity contribution is 7.92. The molecule has 2 aromatic heterocycles. The second kappa shape index (κ2) is 6.60. The van der Waals surface area contributed by atoms with E-state index in [1.807, 2.05) is 6.92 Å². The van der Waals surface area contributed by atoms with Crippen LogP contribution in [0.15, 0.2) is 42.7 Å². The zero-order chi connectivity index (χ0) is 18.9. The van der Waals surface area contributed by atoms with E-state index in [-0.39, 0.29) is 5.69 Å². The first-order chi connectivity index (χ1) is 12.1. The van der Waals surface area contributed by atoms with Gasteiger partial charge in [0.25, 0.3) is 0 Å². The lowest BCUT2D eigenvalue weighted by Gasteiger charge is -2.10. The molecule has 3 rings (SSSR count). The van der Waals surface area contributed by atoms with Crippen molar-refractivity contribution in [2.45, 2.75) is 19.5 Å². The number of aryl methyl sites for hydroxylation is 1. The van der Waals surface area contributed by atoms with Gasteiger partial charge in [-0.3, -0.25) is 9.12 Å². The number of sulfonamides is 1. The molecule has 0 fully saturated rings. The maximum absolute atomic E-state index is 12.2. The first kappa shape index (κ1) is 18.2. The Morgan fingerprint density at radius 3 is 2.69 bits per heavy atom. The normalized spacial score (nSPS) is 12.5. The van der Waals surface area contributed by atoms with Crippen molar-refractivity contribution in [2.24, 2.45) is 0 Å². The van der Waals surface area contributed by atoms with Gasteiger partial charge in [0.2, 0.25) is 15.8 Å². The number of nitrogens with one attached hydrogen (secondary N) is 1. The third-order valence-electron chi connectivity index (χ3n) is 3.71. The molecule has 0 unspecified atom stereocenters. The lowest BCUT2D eigenvalue weighted by atomic mass is 10.1. The molecule has 6 nitrogen and oxygen atoms in total. The van der Waals surface area contributed by atoms with Gasteiger partial charge in [-0.25, -0.2) is 18.4 Å². The van der Waals surface area contributed by atoms with Crippen molar-refractivity contribution in [1.82, 2.24) is 14.4 Å². The molecule has 138 valence electrons. The summed E-state index contributed by atoms with van der Waals surface area (Å²) in [5, 5.41) is 0. The summed E-state index contributed by atoms with van der Waals surface area (Å²) >= 11 is 0.